The molecule has 1 rings (SSSR count). The molecule has 0 aliphatic carbocycles. The standard InChI is InChI=1S/C11H15FN2O3/c12-10-8-13-4-2-9(10)11(16)14-3-1-6-17-7-5-15/h2,4,8,15H,1,3,5-7H2,(H,14,16). The van der Waals surface area contributed by atoms with Crippen LogP contribution in [0.2, 0.25) is 0 Å². The second-order valence-electron chi connectivity index (χ2n) is 3.30. The van der Waals surface area contributed by atoms with Gasteiger partial charge in [-0.2, -0.15) is 0 Å². The van der Waals surface area contributed by atoms with E-state index in [2.05, 4.69) is 10.3 Å². The zero-order chi connectivity index (χ0) is 12.5. The van der Waals surface area contributed by atoms with Gasteiger partial charge in [0.2, 0.25) is 0 Å². The van der Waals surface area contributed by atoms with Crippen molar-refractivity contribution >= 4 is 5.91 Å². The number of carbonyl (C=O) groups is 1. The molecular formula is C11H15FN2O3. The summed E-state index contributed by atoms with van der Waals surface area (Å²) in [5.74, 6) is -1.10. The number of hydrogen-bond donors (Lipinski definition) is 2. The van der Waals surface area contributed by atoms with E-state index >= 15 is 0 Å². The van der Waals surface area contributed by atoms with Crippen LogP contribution in [0.25, 0.3) is 0 Å². The number of aliphatic hydroxyl groups excluding tert-OH is 1. The fraction of sp³-hybridized carbons (Fsp3) is 0.455. The van der Waals surface area contributed by atoms with Gasteiger partial charge in [-0.1, -0.05) is 0 Å². The SMILES string of the molecule is O=C(NCCCOCCO)c1ccncc1F. The van der Waals surface area contributed by atoms with Crippen LogP contribution in [0.4, 0.5) is 4.39 Å². The lowest BCUT2D eigenvalue weighted by Gasteiger charge is -2.06. The molecule has 0 unspecified atom stereocenters. The van der Waals surface area contributed by atoms with Crippen LogP contribution in [0.3, 0.4) is 0 Å². The molecule has 0 saturated heterocycles. The Balaban J connectivity index is 2.24. The maximum absolute atomic E-state index is 13.1. The molecule has 0 aliphatic heterocycles. The quantitative estimate of drug-likeness (QED) is 0.677. The van der Waals surface area contributed by atoms with Gasteiger partial charge in [-0.3, -0.25) is 9.78 Å². The highest BCUT2D eigenvalue weighted by Crippen LogP contribution is 2.03. The molecule has 1 aromatic heterocycles. The number of nitrogens with zero attached hydrogens (tertiary/aromatic N) is 1. The molecule has 0 fully saturated rings. The summed E-state index contributed by atoms with van der Waals surface area (Å²) >= 11 is 0. The van der Waals surface area contributed by atoms with Crippen molar-refractivity contribution in [1.82, 2.24) is 10.3 Å². The number of ether oxygens (including phenoxy) is 1. The van der Waals surface area contributed by atoms with E-state index in [4.69, 9.17) is 9.84 Å². The topological polar surface area (TPSA) is 71.5 Å². The normalized spacial score (nSPS) is 10.2. The lowest BCUT2D eigenvalue weighted by atomic mass is 10.2. The number of aliphatic hydroxyl groups is 1. The van der Waals surface area contributed by atoms with Gasteiger partial charge in [-0.25, -0.2) is 4.39 Å². The third kappa shape index (κ3) is 4.88. The van der Waals surface area contributed by atoms with Crippen molar-refractivity contribution in [2.75, 3.05) is 26.4 Å². The monoisotopic (exact) mass is 242 g/mol. The number of carbonyl (C=O) groups excluding carboxylic acids is 1. The summed E-state index contributed by atoms with van der Waals surface area (Å²) in [5, 5.41) is 11.0. The average molecular weight is 242 g/mol. The zero-order valence-electron chi connectivity index (χ0n) is 9.36. The molecule has 6 heteroatoms. The molecule has 94 valence electrons. The Hall–Kier alpha value is -1.53. The first-order valence-electron chi connectivity index (χ1n) is 5.32. The summed E-state index contributed by atoms with van der Waals surface area (Å²) in [6.45, 7) is 1.10. The van der Waals surface area contributed by atoms with E-state index in [9.17, 15) is 9.18 Å². The minimum atomic E-state index is -0.637. The van der Waals surface area contributed by atoms with Gasteiger partial charge >= 0.3 is 0 Å². The fourth-order valence-corrected chi connectivity index (χ4v) is 1.20. The lowest BCUT2D eigenvalue weighted by Crippen LogP contribution is -2.26. The molecule has 0 radical (unpaired) electrons. The highest BCUT2D eigenvalue weighted by Gasteiger charge is 2.09. The third-order valence-corrected chi connectivity index (χ3v) is 2.00. The number of hydrogen-bond acceptors (Lipinski definition) is 4. The van der Waals surface area contributed by atoms with Gasteiger partial charge in [0.05, 0.1) is 25.0 Å². The largest absolute Gasteiger partial charge is 0.394 e. The Morgan fingerprint density at radius 1 is 1.53 bits per heavy atom. The Labute approximate surface area is 98.6 Å². The summed E-state index contributed by atoms with van der Waals surface area (Å²) in [6.07, 6.45) is 2.97. The minimum Gasteiger partial charge on any atom is -0.394 e. The molecule has 0 aromatic carbocycles. The highest BCUT2D eigenvalue weighted by atomic mass is 19.1. The molecule has 17 heavy (non-hydrogen) atoms. The van der Waals surface area contributed by atoms with Gasteiger partial charge in [-0.05, 0) is 12.5 Å². The Morgan fingerprint density at radius 3 is 3.06 bits per heavy atom. The first-order valence-corrected chi connectivity index (χ1v) is 5.32. The van der Waals surface area contributed by atoms with Crippen molar-refractivity contribution in [2.24, 2.45) is 0 Å². The van der Waals surface area contributed by atoms with Gasteiger partial charge in [-0.15, -0.1) is 0 Å². The van der Waals surface area contributed by atoms with Crippen molar-refractivity contribution in [3.8, 4) is 0 Å². The molecule has 1 heterocycles. The molecule has 2 N–H and O–H groups in total. The van der Waals surface area contributed by atoms with Gasteiger partial charge in [0.15, 0.2) is 5.82 Å². The number of nitrogens with one attached hydrogen (secondary N) is 1. The number of halogens is 1. The number of aromatic nitrogens is 1. The van der Waals surface area contributed by atoms with Crippen molar-refractivity contribution in [2.45, 2.75) is 6.42 Å². The van der Waals surface area contributed by atoms with Crippen molar-refractivity contribution in [3.05, 3.63) is 29.8 Å². The van der Waals surface area contributed by atoms with Crippen LogP contribution in [-0.2, 0) is 4.74 Å². The molecule has 0 saturated carbocycles. The van der Waals surface area contributed by atoms with Crippen LogP contribution in [0.15, 0.2) is 18.5 Å². The van der Waals surface area contributed by atoms with Crippen LogP contribution in [0, 0.1) is 5.82 Å². The van der Waals surface area contributed by atoms with Crippen molar-refractivity contribution in [1.29, 1.82) is 0 Å². The van der Waals surface area contributed by atoms with Gasteiger partial charge in [0, 0.05) is 19.3 Å². The predicted octanol–water partition coefficient (Wildman–Crippen LogP) is 0.349. The molecule has 0 spiro atoms. The van der Waals surface area contributed by atoms with E-state index in [1.807, 2.05) is 0 Å². The average Bonchev–Trinajstić information content (AvgIpc) is 2.34. The first-order chi connectivity index (χ1) is 8.25. The van der Waals surface area contributed by atoms with E-state index in [0.29, 0.717) is 19.6 Å². The lowest BCUT2D eigenvalue weighted by molar-refractivity contribution is 0.0866. The van der Waals surface area contributed by atoms with Gasteiger partial charge < -0.3 is 15.2 Å². The van der Waals surface area contributed by atoms with Crippen LogP contribution in [-0.4, -0.2) is 42.4 Å². The van der Waals surface area contributed by atoms with Crippen LogP contribution in [0.5, 0.6) is 0 Å². The highest BCUT2D eigenvalue weighted by molar-refractivity contribution is 5.94. The maximum Gasteiger partial charge on any atom is 0.254 e. The van der Waals surface area contributed by atoms with E-state index in [1.165, 1.54) is 12.3 Å². The summed E-state index contributed by atoms with van der Waals surface area (Å²) in [7, 11) is 0. The number of amides is 1. The molecule has 0 aliphatic rings. The Kier molecular flexibility index (Phi) is 6.13. The summed E-state index contributed by atoms with van der Waals surface area (Å²) in [6, 6.07) is 1.33. The second kappa shape index (κ2) is 7.70. The van der Waals surface area contributed by atoms with Crippen molar-refractivity contribution < 1.29 is 19.0 Å². The first kappa shape index (κ1) is 13.5. The Bertz CT molecular complexity index is 360. The van der Waals surface area contributed by atoms with Crippen LogP contribution in [0.1, 0.15) is 16.8 Å². The summed E-state index contributed by atoms with van der Waals surface area (Å²) in [5.41, 5.74) is -0.0173. The minimum absolute atomic E-state index is 0.0173. The Morgan fingerprint density at radius 2 is 2.35 bits per heavy atom. The molecule has 5 nitrogen and oxygen atoms in total. The van der Waals surface area contributed by atoms with E-state index < -0.39 is 11.7 Å². The fourth-order valence-electron chi connectivity index (χ4n) is 1.20. The summed E-state index contributed by atoms with van der Waals surface area (Å²) in [4.78, 5) is 15.1. The van der Waals surface area contributed by atoms with Crippen LogP contribution >= 0.6 is 0 Å². The molecular weight excluding hydrogens is 227 g/mol. The number of pyridine rings is 1. The van der Waals surface area contributed by atoms with E-state index in [1.54, 1.807) is 0 Å². The molecule has 1 amide bonds. The van der Waals surface area contributed by atoms with Crippen molar-refractivity contribution in [3.63, 3.8) is 0 Å². The molecule has 1 aromatic rings. The number of rotatable bonds is 7. The third-order valence-electron chi connectivity index (χ3n) is 2.00. The van der Waals surface area contributed by atoms with Gasteiger partial charge in [0.25, 0.3) is 5.91 Å². The summed E-state index contributed by atoms with van der Waals surface area (Å²) < 4.78 is 18.1. The smallest absolute Gasteiger partial charge is 0.254 e. The molecule has 0 bridgehead atoms. The molecule has 0 atom stereocenters. The predicted molar refractivity (Wildman–Crippen MR) is 59.1 cm³/mol. The van der Waals surface area contributed by atoms with E-state index in [-0.39, 0.29) is 18.8 Å². The van der Waals surface area contributed by atoms with Gasteiger partial charge in [0.1, 0.15) is 0 Å². The second-order valence-corrected chi connectivity index (χ2v) is 3.30. The maximum atomic E-state index is 13.1. The van der Waals surface area contributed by atoms with Crippen LogP contribution < -0.4 is 5.32 Å². The zero-order valence-corrected chi connectivity index (χ0v) is 9.36. The van der Waals surface area contributed by atoms with E-state index in [0.717, 1.165) is 6.20 Å².